The van der Waals surface area contributed by atoms with Gasteiger partial charge in [0.1, 0.15) is 6.07 Å². The van der Waals surface area contributed by atoms with Crippen LogP contribution in [0.1, 0.15) is 24.5 Å². The second-order valence-electron chi connectivity index (χ2n) is 5.64. The quantitative estimate of drug-likeness (QED) is 0.845. The van der Waals surface area contributed by atoms with Gasteiger partial charge in [-0.1, -0.05) is 42.5 Å². The van der Waals surface area contributed by atoms with Crippen LogP contribution in [-0.2, 0) is 16.0 Å². The fourth-order valence-electron chi connectivity index (χ4n) is 2.54. The van der Waals surface area contributed by atoms with Crippen molar-refractivity contribution >= 4 is 17.5 Å². The molecule has 0 atom stereocenters. The van der Waals surface area contributed by atoms with Crippen molar-refractivity contribution < 1.29 is 9.59 Å². The van der Waals surface area contributed by atoms with E-state index in [0.29, 0.717) is 17.8 Å². The molecular weight excluding hydrogens is 314 g/mol. The summed E-state index contributed by atoms with van der Waals surface area (Å²) in [6.07, 6.45) is 0.953. The lowest BCUT2D eigenvalue weighted by Crippen LogP contribution is -2.34. The lowest BCUT2D eigenvalue weighted by Gasteiger charge is -2.22. The van der Waals surface area contributed by atoms with E-state index in [1.807, 2.05) is 30.3 Å². The Hall–Kier alpha value is -3.13. The molecule has 0 heterocycles. The highest BCUT2D eigenvalue weighted by molar-refractivity contribution is 5.93. The van der Waals surface area contributed by atoms with E-state index in [2.05, 4.69) is 11.4 Å². The van der Waals surface area contributed by atoms with Crippen LogP contribution in [0, 0.1) is 11.3 Å². The normalized spacial score (nSPS) is 9.92. The average molecular weight is 335 g/mol. The van der Waals surface area contributed by atoms with Gasteiger partial charge in [0.15, 0.2) is 0 Å². The summed E-state index contributed by atoms with van der Waals surface area (Å²) in [7, 11) is 0. The van der Waals surface area contributed by atoms with Gasteiger partial charge < -0.3 is 10.2 Å². The van der Waals surface area contributed by atoms with Crippen LogP contribution in [0.15, 0.2) is 54.6 Å². The average Bonchev–Trinajstić information content (AvgIpc) is 2.63. The van der Waals surface area contributed by atoms with Gasteiger partial charge >= 0.3 is 0 Å². The van der Waals surface area contributed by atoms with Gasteiger partial charge in [0.2, 0.25) is 11.8 Å². The Labute approximate surface area is 147 Å². The smallest absolute Gasteiger partial charge is 0.223 e. The second kappa shape index (κ2) is 9.24. The maximum absolute atomic E-state index is 12.0. The van der Waals surface area contributed by atoms with Crippen LogP contribution >= 0.6 is 0 Å². The lowest BCUT2D eigenvalue weighted by molar-refractivity contribution is -0.121. The Morgan fingerprint density at radius 2 is 1.76 bits per heavy atom. The first-order valence-electron chi connectivity index (χ1n) is 8.19. The minimum atomic E-state index is -0.195. The Kier molecular flexibility index (Phi) is 6.73. The van der Waals surface area contributed by atoms with Crippen molar-refractivity contribution in [2.45, 2.75) is 19.8 Å². The predicted octanol–water partition coefficient (Wildman–Crippen LogP) is 2.66. The molecule has 2 rings (SSSR count). The van der Waals surface area contributed by atoms with E-state index in [0.717, 1.165) is 12.0 Å². The second-order valence-corrected chi connectivity index (χ2v) is 5.64. The lowest BCUT2D eigenvalue weighted by atomic mass is 10.1. The number of nitriles is 1. The molecule has 0 saturated carbocycles. The van der Waals surface area contributed by atoms with E-state index >= 15 is 0 Å². The topological polar surface area (TPSA) is 73.2 Å². The Morgan fingerprint density at radius 3 is 2.44 bits per heavy atom. The first-order valence-corrected chi connectivity index (χ1v) is 8.19. The molecule has 0 fully saturated rings. The zero-order valence-electron chi connectivity index (χ0n) is 14.2. The summed E-state index contributed by atoms with van der Waals surface area (Å²) in [5, 5.41) is 12.0. The Morgan fingerprint density at radius 1 is 1.08 bits per heavy atom. The van der Waals surface area contributed by atoms with E-state index in [1.54, 1.807) is 24.3 Å². The van der Waals surface area contributed by atoms with Crippen molar-refractivity contribution in [1.82, 2.24) is 5.32 Å². The molecule has 5 heteroatoms. The van der Waals surface area contributed by atoms with E-state index in [4.69, 9.17) is 0 Å². The molecular formula is C20H21N3O2. The molecule has 0 aliphatic carbocycles. The third-order valence-electron chi connectivity index (χ3n) is 3.84. The van der Waals surface area contributed by atoms with Crippen molar-refractivity contribution in [3.63, 3.8) is 0 Å². The highest BCUT2D eigenvalue weighted by Gasteiger charge is 2.16. The summed E-state index contributed by atoms with van der Waals surface area (Å²) in [5.74, 6) is -0.309. The standard InChI is InChI=1S/C20H21N3O2/c1-16(24)23(19-10-6-5-9-18(19)15-21)14-12-20(25)22-13-11-17-7-3-2-4-8-17/h2-10H,11-14H2,1H3,(H,22,25). The molecule has 0 spiro atoms. The number of anilines is 1. The monoisotopic (exact) mass is 335 g/mol. The summed E-state index contributed by atoms with van der Waals surface area (Å²) in [6.45, 7) is 2.23. The number of hydrogen-bond acceptors (Lipinski definition) is 3. The number of amides is 2. The van der Waals surface area contributed by atoms with Crippen LogP contribution in [0.3, 0.4) is 0 Å². The molecule has 2 aromatic carbocycles. The molecule has 0 aromatic heterocycles. The molecule has 0 aliphatic rings. The number of nitrogens with one attached hydrogen (secondary N) is 1. The maximum atomic E-state index is 12.0. The third kappa shape index (κ3) is 5.47. The highest BCUT2D eigenvalue weighted by Crippen LogP contribution is 2.20. The van der Waals surface area contributed by atoms with Crippen molar-refractivity contribution in [3.05, 3.63) is 65.7 Å². The van der Waals surface area contributed by atoms with Crippen LogP contribution in [0.2, 0.25) is 0 Å². The molecule has 0 saturated heterocycles. The van der Waals surface area contributed by atoms with Gasteiger partial charge in [0.25, 0.3) is 0 Å². The van der Waals surface area contributed by atoms with Crippen LogP contribution in [0.5, 0.6) is 0 Å². The van der Waals surface area contributed by atoms with Crippen molar-refractivity contribution in [2.24, 2.45) is 0 Å². The zero-order chi connectivity index (χ0) is 18.1. The number of rotatable bonds is 7. The molecule has 0 unspecified atom stereocenters. The molecule has 2 amide bonds. The van der Waals surface area contributed by atoms with Crippen LogP contribution in [0.4, 0.5) is 5.69 Å². The van der Waals surface area contributed by atoms with Crippen LogP contribution in [0.25, 0.3) is 0 Å². The molecule has 5 nitrogen and oxygen atoms in total. The molecule has 128 valence electrons. The van der Waals surface area contributed by atoms with Gasteiger partial charge in [-0.25, -0.2) is 0 Å². The number of carbonyl (C=O) groups is 2. The van der Waals surface area contributed by atoms with Crippen molar-refractivity contribution in [1.29, 1.82) is 5.26 Å². The van der Waals surface area contributed by atoms with E-state index in [9.17, 15) is 14.9 Å². The number of hydrogen-bond donors (Lipinski definition) is 1. The number of para-hydroxylation sites is 1. The molecule has 0 bridgehead atoms. The minimum absolute atomic E-state index is 0.114. The highest BCUT2D eigenvalue weighted by atomic mass is 16.2. The summed E-state index contributed by atoms with van der Waals surface area (Å²) in [5.41, 5.74) is 2.12. The molecule has 2 aromatic rings. The van der Waals surface area contributed by atoms with E-state index in [1.165, 1.54) is 11.8 Å². The number of benzene rings is 2. The van der Waals surface area contributed by atoms with Crippen LogP contribution < -0.4 is 10.2 Å². The molecule has 0 radical (unpaired) electrons. The maximum Gasteiger partial charge on any atom is 0.223 e. The summed E-state index contributed by atoms with van der Waals surface area (Å²) < 4.78 is 0. The summed E-state index contributed by atoms with van der Waals surface area (Å²) >= 11 is 0. The largest absolute Gasteiger partial charge is 0.356 e. The first-order chi connectivity index (χ1) is 12.1. The first kappa shape index (κ1) is 18.2. The van der Waals surface area contributed by atoms with Gasteiger partial charge in [-0.3, -0.25) is 9.59 Å². The fraction of sp³-hybridized carbons (Fsp3) is 0.250. The number of nitrogens with zero attached hydrogens (tertiary/aromatic N) is 2. The minimum Gasteiger partial charge on any atom is -0.356 e. The third-order valence-corrected chi connectivity index (χ3v) is 3.84. The van der Waals surface area contributed by atoms with Gasteiger partial charge in [0, 0.05) is 26.4 Å². The van der Waals surface area contributed by atoms with Crippen molar-refractivity contribution in [2.75, 3.05) is 18.0 Å². The molecule has 0 aliphatic heterocycles. The van der Waals surface area contributed by atoms with Crippen molar-refractivity contribution in [3.8, 4) is 6.07 Å². The Bertz CT molecular complexity index is 766. The van der Waals surface area contributed by atoms with Gasteiger partial charge in [0.05, 0.1) is 11.3 Å². The van der Waals surface area contributed by atoms with Gasteiger partial charge in [-0.05, 0) is 24.1 Å². The molecule has 25 heavy (non-hydrogen) atoms. The predicted molar refractivity (Wildman–Crippen MR) is 97.0 cm³/mol. The van der Waals surface area contributed by atoms with Gasteiger partial charge in [-0.15, -0.1) is 0 Å². The molecule has 1 N–H and O–H groups in total. The zero-order valence-corrected chi connectivity index (χ0v) is 14.2. The SMILES string of the molecule is CC(=O)N(CCC(=O)NCCc1ccccc1)c1ccccc1C#N. The van der Waals surface area contributed by atoms with E-state index < -0.39 is 0 Å². The fourth-order valence-corrected chi connectivity index (χ4v) is 2.54. The summed E-state index contributed by atoms with van der Waals surface area (Å²) in [4.78, 5) is 25.4. The van der Waals surface area contributed by atoms with E-state index in [-0.39, 0.29) is 24.8 Å². The van der Waals surface area contributed by atoms with Crippen LogP contribution in [-0.4, -0.2) is 24.9 Å². The summed E-state index contributed by atoms with van der Waals surface area (Å²) in [6, 6.07) is 18.9. The van der Waals surface area contributed by atoms with Gasteiger partial charge in [-0.2, -0.15) is 5.26 Å². The number of carbonyl (C=O) groups excluding carboxylic acids is 2. The Balaban J connectivity index is 1.87.